The third-order valence-electron chi connectivity index (χ3n) is 4.77. The number of nitrogens with one attached hydrogen (secondary N) is 1. The number of aryl methyl sites for hydroxylation is 2. The van der Waals surface area contributed by atoms with Crippen LogP contribution >= 0.6 is 0 Å². The summed E-state index contributed by atoms with van der Waals surface area (Å²) >= 11 is 0. The Hall–Kier alpha value is -1.28. The summed E-state index contributed by atoms with van der Waals surface area (Å²) in [5, 5.41) is 5.04. The lowest BCUT2D eigenvalue weighted by Gasteiger charge is -2.23. The highest BCUT2D eigenvalue weighted by molar-refractivity contribution is 5.85. The van der Waals surface area contributed by atoms with Crippen molar-refractivity contribution in [3.63, 3.8) is 0 Å². The maximum atomic E-state index is 3.64. The first-order valence-corrected chi connectivity index (χ1v) is 7.44. The van der Waals surface area contributed by atoms with E-state index in [1.54, 1.807) is 0 Å². The topological polar surface area (TPSA) is 17.0 Å². The zero-order valence-electron chi connectivity index (χ0n) is 12.3. The molecule has 2 heteroatoms. The molecule has 1 fully saturated rings. The Bertz CT molecular complexity index is 589. The van der Waals surface area contributed by atoms with Crippen LogP contribution in [-0.2, 0) is 13.5 Å². The molecule has 2 heterocycles. The second kappa shape index (κ2) is 5.01. The van der Waals surface area contributed by atoms with Crippen molar-refractivity contribution in [1.82, 2.24) is 9.88 Å². The Balaban J connectivity index is 1.90. The molecule has 0 amide bonds. The van der Waals surface area contributed by atoms with E-state index in [-0.39, 0.29) is 0 Å². The van der Waals surface area contributed by atoms with Crippen molar-refractivity contribution in [2.75, 3.05) is 6.54 Å². The lowest BCUT2D eigenvalue weighted by atomic mass is 9.97. The zero-order valence-corrected chi connectivity index (χ0v) is 12.3. The Kier molecular flexibility index (Phi) is 3.36. The van der Waals surface area contributed by atoms with Crippen molar-refractivity contribution in [2.24, 2.45) is 7.05 Å². The summed E-state index contributed by atoms with van der Waals surface area (Å²) in [4.78, 5) is 0. The van der Waals surface area contributed by atoms with Crippen LogP contribution in [0.15, 0.2) is 18.2 Å². The minimum absolute atomic E-state index is 0.675. The molecule has 1 atom stereocenters. The predicted molar refractivity (Wildman–Crippen MR) is 81.7 cm³/mol. The largest absolute Gasteiger partial charge is 0.348 e. The minimum atomic E-state index is 0.675. The normalized spacial score (nSPS) is 20.1. The molecule has 0 saturated carbocycles. The van der Waals surface area contributed by atoms with Crippen molar-refractivity contribution in [2.45, 2.75) is 45.6 Å². The molecule has 0 bridgehead atoms. The predicted octanol–water partition coefficient (Wildman–Crippen LogP) is 3.48. The van der Waals surface area contributed by atoms with E-state index in [2.05, 4.69) is 49.0 Å². The molecule has 1 aromatic heterocycles. The van der Waals surface area contributed by atoms with E-state index in [4.69, 9.17) is 0 Å². The van der Waals surface area contributed by atoms with E-state index in [1.165, 1.54) is 60.0 Å². The minimum Gasteiger partial charge on any atom is -0.348 e. The van der Waals surface area contributed by atoms with Gasteiger partial charge in [0.05, 0.1) is 0 Å². The van der Waals surface area contributed by atoms with Crippen LogP contribution in [-0.4, -0.2) is 17.2 Å². The summed E-state index contributed by atoms with van der Waals surface area (Å²) in [6.45, 7) is 5.62. The molecule has 0 aliphatic carbocycles. The molecule has 2 nitrogen and oxygen atoms in total. The van der Waals surface area contributed by atoms with Crippen molar-refractivity contribution in [3.8, 4) is 0 Å². The van der Waals surface area contributed by atoms with Gasteiger partial charge in [-0.05, 0) is 56.8 Å². The Labute approximate surface area is 115 Å². The molecule has 0 spiro atoms. The third kappa shape index (κ3) is 2.30. The van der Waals surface area contributed by atoms with Crippen molar-refractivity contribution in [1.29, 1.82) is 0 Å². The highest BCUT2D eigenvalue weighted by atomic mass is 14.9. The quantitative estimate of drug-likeness (QED) is 0.870. The van der Waals surface area contributed by atoms with E-state index in [1.807, 2.05) is 0 Å². The molecular formula is C17H24N2. The van der Waals surface area contributed by atoms with Crippen LogP contribution in [0.2, 0.25) is 0 Å². The van der Waals surface area contributed by atoms with Gasteiger partial charge in [-0.1, -0.05) is 18.6 Å². The summed E-state index contributed by atoms with van der Waals surface area (Å²) in [6.07, 6.45) is 5.20. The van der Waals surface area contributed by atoms with Crippen molar-refractivity contribution in [3.05, 3.63) is 35.0 Å². The molecule has 1 saturated heterocycles. The van der Waals surface area contributed by atoms with Gasteiger partial charge in [-0.3, -0.25) is 0 Å². The van der Waals surface area contributed by atoms with Crippen LogP contribution < -0.4 is 5.32 Å². The van der Waals surface area contributed by atoms with Gasteiger partial charge in [0, 0.05) is 29.7 Å². The highest BCUT2D eigenvalue weighted by Gasteiger charge is 2.14. The van der Waals surface area contributed by atoms with E-state index in [9.17, 15) is 0 Å². The number of hydrogen-bond acceptors (Lipinski definition) is 1. The number of benzene rings is 1. The number of rotatable bonds is 2. The second-order valence-electron chi connectivity index (χ2n) is 5.97. The molecule has 1 aromatic carbocycles. The molecule has 3 rings (SSSR count). The van der Waals surface area contributed by atoms with Crippen molar-refractivity contribution < 1.29 is 0 Å². The number of fused-ring (bicyclic) bond motifs is 1. The van der Waals surface area contributed by atoms with Crippen LogP contribution in [0.5, 0.6) is 0 Å². The Morgan fingerprint density at radius 3 is 2.84 bits per heavy atom. The van der Waals surface area contributed by atoms with E-state index >= 15 is 0 Å². The maximum absolute atomic E-state index is 3.64. The van der Waals surface area contributed by atoms with Gasteiger partial charge in [0.2, 0.25) is 0 Å². The zero-order chi connectivity index (χ0) is 13.4. The first-order chi connectivity index (χ1) is 9.16. The maximum Gasteiger partial charge on any atom is 0.0485 e. The van der Waals surface area contributed by atoms with Gasteiger partial charge in [-0.25, -0.2) is 0 Å². The number of nitrogens with zero attached hydrogens (tertiary/aromatic N) is 1. The van der Waals surface area contributed by atoms with Gasteiger partial charge >= 0.3 is 0 Å². The third-order valence-corrected chi connectivity index (χ3v) is 4.77. The first kappa shape index (κ1) is 12.7. The van der Waals surface area contributed by atoms with Gasteiger partial charge in [0.25, 0.3) is 0 Å². The average Bonchev–Trinajstić information content (AvgIpc) is 2.65. The lowest BCUT2D eigenvalue weighted by molar-refractivity contribution is 0.399. The molecular weight excluding hydrogens is 232 g/mol. The van der Waals surface area contributed by atoms with Gasteiger partial charge in [-0.15, -0.1) is 0 Å². The summed E-state index contributed by atoms with van der Waals surface area (Å²) in [5.74, 6) is 0. The molecule has 102 valence electrons. The van der Waals surface area contributed by atoms with Crippen molar-refractivity contribution >= 4 is 10.9 Å². The fourth-order valence-electron chi connectivity index (χ4n) is 3.31. The Morgan fingerprint density at radius 1 is 1.26 bits per heavy atom. The fraction of sp³-hybridized carbons (Fsp3) is 0.529. The first-order valence-electron chi connectivity index (χ1n) is 7.44. The SMILES string of the molecule is Cc1c(C)n(C)c2cc(CC3CCCCN3)ccc12. The smallest absolute Gasteiger partial charge is 0.0485 e. The lowest BCUT2D eigenvalue weighted by Crippen LogP contribution is -2.35. The van der Waals surface area contributed by atoms with Gasteiger partial charge in [0.1, 0.15) is 0 Å². The molecule has 0 radical (unpaired) electrons. The van der Waals surface area contributed by atoms with Crippen LogP contribution in [0, 0.1) is 13.8 Å². The standard InChI is InChI=1S/C17H24N2/c1-12-13(2)19(3)17-11-14(7-8-16(12)17)10-15-6-4-5-9-18-15/h7-8,11,15,18H,4-6,9-10H2,1-3H3. The Morgan fingerprint density at radius 2 is 2.11 bits per heavy atom. The van der Waals surface area contributed by atoms with Crippen LogP contribution in [0.4, 0.5) is 0 Å². The van der Waals surface area contributed by atoms with E-state index in [0.717, 1.165) is 0 Å². The van der Waals surface area contributed by atoms with E-state index < -0.39 is 0 Å². The molecule has 1 N–H and O–H groups in total. The average molecular weight is 256 g/mol. The number of hydrogen-bond donors (Lipinski definition) is 1. The molecule has 2 aromatic rings. The summed E-state index contributed by atoms with van der Waals surface area (Å²) in [6, 6.07) is 7.67. The monoisotopic (exact) mass is 256 g/mol. The van der Waals surface area contributed by atoms with Crippen LogP contribution in [0.3, 0.4) is 0 Å². The fourth-order valence-corrected chi connectivity index (χ4v) is 3.31. The molecule has 1 unspecified atom stereocenters. The summed E-state index contributed by atoms with van der Waals surface area (Å²) in [5.41, 5.74) is 5.64. The summed E-state index contributed by atoms with van der Waals surface area (Å²) < 4.78 is 2.32. The van der Waals surface area contributed by atoms with Gasteiger partial charge < -0.3 is 9.88 Å². The van der Waals surface area contributed by atoms with Crippen LogP contribution in [0.1, 0.15) is 36.1 Å². The number of aromatic nitrogens is 1. The molecule has 1 aliphatic rings. The van der Waals surface area contributed by atoms with E-state index in [0.29, 0.717) is 6.04 Å². The van der Waals surface area contributed by atoms with Gasteiger partial charge in [-0.2, -0.15) is 0 Å². The van der Waals surface area contributed by atoms with Gasteiger partial charge in [0.15, 0.2) is 0 Å². The second-order valence-corrected chi connectivity index (χ2v) is 5.97. The van der Waals surface area contributed by atoms with Crippen LogP contribution in [0.25, 0.3) is 10.9 Å². The molecule has 19 heavy (non-hydrogen) atoms. The highest BCUT2D eigenvalue weighted by Crippen LogP contribution is 2.25. The number of piperidine rings is 1. The molecule has 1 aliphatic heterocycles. The summed E-state index contributed by atoms with van der Waals surface area (Å²) in [7, 11) is 2.17.